The summed E-state index contributed by atoms with van der Waals surface area (Å²) in [6.07, 6.45) is 19.4. The molecule has 0 radical (unpaired) electrons. The van der Waals surface area contributed by atoms with Crippen LogP contribution in [0.25, 0.3) is 0 Å². The molecule has 168 valence electrons. The summed E-state index contributed by atoms with van der Waals surface area (Å²) in [5.41, 5.74) is 0. The van der Waals surface area contributed by atoms with Crippen LogP contribution in [-0.2, 0) is 4.43 Å². The highest BCUT2D eigenvalue weighted by Crippen LogP contribution is 2.38. The second-order valence-electron chi connectivity index (χ2n) is 9.86. The minimum atomic E-state index is -1.94. The fraction of sp³-hybridized carbons (Fsp3) is 0.846. The molecular formula is C26H48O2Si. The van der Waals surface area contributed by atoms with Gasteiger partial charge in [0.05, 0.1) is 6.10 Å². The predicted molar refractivity (Wildman–Crippen MR) is 130 cm³/mol. The quantitative estimate of drug-likeness (QED) is 0.169. The molecule has 2 atom stereocenters. The number of unbranched alkanes of at least 4 members (excludes halogenated alkanes) is 10. The SMILES string of the molecule is C#CCCCC#C[C@@H](O)[C@@H](CCCCCCCCCCC)O[Si](C)(C)C(C)(C)C. The van der Waals surface area contributed by atoms with E-state index in [2.05, 4.69) is 58.6 Å². The fourth-order valence-electron chi connectivity index (χ4n) is 3.04. The van der Waals surface area contributed by atoms with E-state index in [1.807, 2.05) is 0 Å². The van der Waals surface area contributed by atoms with Crippen molar-refractivity contribution in [3.8, 4) is 24.2 Å². The van der Waals surface area contributed by atoms with E-state index in [-0.39, 0.29) is 11.1 Å². The molecule has 3 heteroatoms. The van der Waals surface area contributed by atoms with Crippen LogP contribution in [0.1, 0.15) is 111 Å². The zero-order valence-electron chi connectivity index (χ0n) is 20.3. The Labute approximate surface area is 183 Å². The third-order valence-corrected chi connectivity index (χ3v) is 10.6. The maximum atomic E-state index is 10.7. The van der Waals surface area contributed by atoms with Crippen LogP contribution in [0, 0.1) is 24.2 Å². The average Bonchev–Trinajstić information content (AvgIpc) is 2.64. The zero-order valence-corrected chi connectivity index (χ0v) is 21.3. The molecule has 0 rings (SSSR count). The topological polar surface area (TPSA) is 29.5 Å². The van der Waals surface area contributed by atoms with Gasteiger partial charge in [0.2, 0.25) is 0 Å². The highest BCUT2D eigenvalue weighted by atomic mass is 28.4. The standard InChI is InChI=1S/C26H48O2Si/c1-8-10-12-14-15-16-17-19-21-23-25(28-29(6,7)26(3,4)5)24(27)22-20-18-13-11-9-2/h2,24-25,27H,8,10-19,21,23H2,1,3-7H3/t24-,25-/m1/s1. The predicted octanol–water partition coefficient (Wildman–Crippen LogP) is 7.47. The largest absolute Gasteiger partial charge is 0.410 e. The summed E-state index contributed by atoms with van der Waals surface area (Å²) < 4.78 is 6.57. The summed E-state index contributed by atoms with van der Waals surface area (Å²) in [5.74, 6) is 8.77. The number of hydrogen-bond donors (Lipinski definition) is 1. The number of terminal acetylenes is 1. The van der Waals surface area contributed by atoms with E-state index in [0.717, 1.165) is 32.1 Å². The number of aliphatic hydroxyl groups excluding tert-OH is 1. The van der Waals surface area contributed by atoms with Gasteiger partial charge in [-0.2, -0.15) is 0 Å². The van der Waals surface area contributed by atoms with Gasteiger partial charge in [-0.15, -0.1) is 18.3 Å². The van der Waals surface area contributed by atoms with Crippen molar-refractivity contribution < 1.29 is 9.53 Å². The zero-order chi connectivity index (χ0) is 22.2. The number of aliphatic hydroxyl groups is 1. The van der Waals surface area contributed by atoms with Crippen LogP contribution >= 0.6 is 0 Å². The summed E-state index contributed by atoms with van der Waals surface area (Å²) in [4.78, 5) is 0. The molecule has 0 spiro atoms. The van der Waals surface area contributed by atoms with Crippen molar-refractivity contribution in [3.63, 3.8) is 0 Å². The summed E-state index contributed by atoms with van der Waals surface area (Å²) in [6.45, 7) is 13.5. The Bertz CT molecular complexity index is 502. The van der Waals surface area contributed by atoms with Gasteiger partial charge < -0.3 is 9.53 Å². The molecule has 0 amide bonds. The van der Waals surface area contributed by atoms with Gasteiger partial charge in [-0.3, -0.25) is 0 Å². The first-order valence-corrected chi connectivity index (χ1v) is 14.8. The minimum absolute atomic E-state index is 0.129. The first-order valence-electron chi connectivity index (χ1n) is 11.9. The monoisotopic (exact) mass is 420 g/mol. The Morgan fingerprint density at radius 3 is 1.97 bits per heavy atom. The van der Waals surface area contributed by atoms with E-state index >= 15 is 0 Å². The van der Waals surface area contributed by atoms with Crippen molar-refractivity contribution >= 4 is 8.32 Å². The summed E-state index contributed by atoms with van der Waals surface area (Å²) in [7, 11) is -1.94. The van der Waals surface area contributed by atoms with E-state index in [4.69, 9.17) is 10.8 Å². The Hall–Kier alpha value is -0.743. The molecule has 0 unspecified atom stereocenters. The first-order chi connectivity index (χ1) is 13.7. The third-order valence-electron chi connectivity index (χ3n) is 6.07. The molecule has 1 N–H and O–H groups in total. The lowest BCUT2D eigenvalue weighted by molar-refractivity contribution is 0.0548. The van der Waals surface area contributed by atoms with Crippen LogP contribution < -0.4 is 0 Å². The minimum Gasteiger partial charge on any atom is -0.410 e. The number of hydrogen-bond acceptors (Lipinski definition) is 2. The molecule has 29 heavy (non-hydrogen) atoms. The first kappa shape index (κ1) is 28.3. The molecule has 0 aromatic rings. The van der Waals surface area contributed by atoms with Gasteiger partial charge >= 0.3 is 0 Å². The van der Waals surface area contributed by atoms with Crippen molar-refractivity contribution in [2.75, 3.05) is 0 Å². The molecule has 0 aliphatic heterocycles. The molecule has 0 aromatic heterocycles. The van der Waals surface area contributed by atoms with Crippen LogP contribution in [0.2, 0.25) is 18.1 Å². The Kier molecular flexibility index (Phi) is 15.6. The van der Waals surface area contributed by atoms with Gasteiger partial charge in [0, 0.05) is 12.8 Å². The Morgan fingerprint density at radius 2 is 1.45 bits per heavy atom. The molecule has 0 aliphatic carbocycles. The molecular weight excluding hydrogens is 372 g/mol. The van der Waals surface area contributed by atoms with Gasteiger partial charge in [-0.1, -0.05) is 91.4 Å². The Balaban J connectivity index is 4.55. The van der Waals surface area contributed by atoms with Crippen LogP contribution in [0.15, 0.2) is 0 Å². The highest BCUT2D eigenvalue weighted by molar-refractivity contribution is 6.74. The fourth-order valence-corrected chi connectivity index (χ4v) is 4.40. The van der Waals surface area contributed by atoms with Crippen LogP contribution in [0.5, 0.6) is 0 Å². The van der Waals surface area contributed by atoms with Gasteiger partial charge in [-0.05, 0) is 31.0 Å². The molecule has 0 saturated heterocycles. The third kappa shape index (κ3) is 14.0. The Morgan fingerprint density at radius 1 is 0.897 bits per heavy atom. The maximum absolute atomic E-state index is 10.7. The van der Waals surface area contributed by atoms with Gasteiger partial charge in [0.15, 0.2) is 8.32 Å². The molecule has 0 aromatic carbocycles. The van der Waals surface area contributed by atoms with E-state index in [9.17, 15) is 5.11 Å². The van der Waals surface area contributed by atoms with Crippen LogP contribution in [-0.4, -0.2) is 25.6 Å². The van der Waals surface area contributed by atoms with E-state index in [0.29, 0.717) is 0 Å². The smallest absolute Gasteiger partial charge is 0.192 e. The lowest BCUT2D eigenvalue weighted by atomic mass is 10.0. The van der Waals surface area contributed by atoms with Gasteiger partial charge in [-0.25, -0.2) is 0 Å². The molecule has 0 fully saturated rings. The van der Waals surface area contributed by atoms with E-state index in [1.165, 1.54) is 51.4 Å². The molecule has 0 bridgehead atoms. The van der Waals surface area contributed by atoms with E-state index in [1.54, 1.807) is 0 Å². The molecule has 0 saturated carbocycles. The normalized spacial score (nSPS) is 14.0. The molecule has 2 nitrogen and oxygen atoms in total. The summed E-state index contributed by atoms with van der Waals surface area (Å²) >= 11 is 0. The maximum Gasteiger partial charge on any atom is 0.192 e. The van der Waals surface area contributed by atoms with Gasteiger partial charge in [0.25, 0.3) is 0 Å². The van der Waals surface area contributed by atoms with Crippen LogP contribution in [0.3, 0.4) is 0 Å². The average molecular weight is 421 g/mol. The van der Waals surface area contributed by atoms with Crippen molar-refractivity contribution in [2.24, 2.45) is 0 Å². The van der Waals surface area contributed by atoms with Crippen LogP contribution in [0.4, 0.5) is 0 Å². The molecule has 0 aliphatic rings. The lowest BCUT2D eigenvalue weighted by Gasteiger charge is -2.40. The van der Waals surface area contributed by atoms with Crippen molar-refractivity contribution in [3.05, 3.63) is 0 Å². The second-order valence-corrected chi connectivity index (χ2v) is 14.6. The van der Waals surface area contributed by atoms with Crippen molar-refractivity contribution in [2.45, 2.75) is 142 Å². The highest BCUT2D eigenvalue weighted by Gasteiger charge is 2.40. The van der Waals surface area contributed by atoms with E-state index < -0.39 is 14.4 Å². The van der Waals surface area contributed by atoms with Crippen molar-refractivity contribution in [1.82, 2.24) is 0 Å². The number of rotatable bonds is 15. The van der Waals surface area contributed by atoms with Crippen molar-refractivity contribution in [1.29, 1.82) is 0 Å². The second kappa shape index (κ2) is 16.0. The summed E-state index contributed by atoms with van der Waals surface area (Å²) in [6, 6.07) is 0. The van der Waals surface area contributed by atoms with Gasteiger partial charge in [0.1, 0.15) is 6.10 Å². The molecule has 0 heterocycles. The lowest BCUT2D eigenvalue weighted by Crippen LogP contribution is -2.46. The summed E-state index contributed by atoms with van der Waals surface area (Å²) in [5, 5.41) is 10.8.